The maximum absolute atomic E-state index is 12.7. The van der Waals surface area contributed by atoms with Crippen LogP contribution in [0.15, 0.2) is 24.3 Å². The zero-order valence-corrected chi connectivity index (χ0v) is 11.3. The highest BCUT2D eigenvalue weighted by molar-refractivity contribution is 5.71. The van der Waals surface area contributed by atoms with Crippen molar-refractivity contribution < 1.29 is 22.7 Å². The van der Waals surface area contributed by atoms with Crippen LogP contribution in [0, 0.1) is 0 Å². The van der Waals surface area contributed by atoms with Crippen molar-refractivity contribution in [1.82, 2.24) is 5.32 Å². The fraction of sp³-hybridized carbons (Fsp3) is 0.500. The average Bonchev–Trinajstić information content (AvgIpc) is 2.38. The van der Waals surface area contributed by atoms with E-state index in [0.29, 0.717) is 6.61 Å². The Morgan fingerprint density at radius 1 is 1.30 bits per heavy atom. The highest BCUT2D eigenvalue weighted by atomic mass is 19.4. The van der Waals surface area contributed by atoms with Crippen molar-refractivity contribution in [2.45, 2.75) is 32.5 Å². The third-order valence-corrected chi connectivity index (χ3v) is 2.67. The molecule has 0 saturated carbocycles. The van der Waals surface area contributed by atoms with Gasteiger partial charge in [-0.1, -0.05) is 31.5 Å². The molecule has 0 aromatic heterocycles. The van der Waals surface area contributed by atoms with E-state index in [4.69, 9.17) is 4.74 Å². The largest absolute Gasteiger partial charge is 0.465 e. The summed E-state index contributed by atoms with van der Waals surface area (Å²) in [5, 5.41) is 2.67. The third-order valence-electron chi connectivity index (χ3n) is 2.67. The van der Waals surface area contributed by atoms with Gasteiger partial charge in [0.05, 0.1) is 18.7 Å². The van der Waals surface area contributed by atoms with Crippen LogP contribution in [0.3, 0.4) is 0 Å². The fourth-order valence-electron chi connectivity index (χ4n) is 1.63. The molecule has 0 fully saturated rings. The molecule has 0 aliphatic heterocycles. The molecule has 3 nitrogen and oxygen atoms in total. The van der Waals surface area contributed by atoms with E-state index in [-0.39, 0.29) is 18.7 Å². The summed E-state index contributed by atoms with van der Waals surface area (Å²) in [4.78, 5) is 11.3. The van der Waals surface area contributed by atoms with Crippen LogP contribution in [0.2, 0.25) is 0 Å². The van der Waals surface area contributed by atoms with E-state index >= 15 is 0 Å². The molecule has 0 atom stereocenters. The molecule has 0 spiro atoms. The lowest BCUT2D eigenvalue weighted by atomic mass is 10.1. The van der Waals surface area contributed by atoms with Gasteiger partial charge in [-0.05, 0) is 18.1 Å². The Kier molecular flexibility index (Phi) is 6.51. The lowest BCUT2D eigenvalue weighted by Gasteiger charge is -2.13. The molecule has 0 saturated heterocycles. The maximum Gasteiger partial charge on any atom is 0.416 e. The summed E-state index contributed by atoms with van der Waals surface area (Å²) >= 11 is 0. The van der Waals surface area contributed by atoms with Gasteiger partial charge in [0.2, 0.25) is 0 Å². The predicted octanol–water partition coefficient (Wildman–Crippen LogP) is 3.14. The molecule has 1 N–H and O–H groups in total. The summed E-state index contributed by atoms with van der Waals surface area (Å²) in [6.45, 7) is 2.19. The van der Waals surface area contributed by atoms with E-state index in [1.807, 2.05) is 6.92 Å². The first kappa shape index (κ1) is 16.5. The van der Waals surface area contributed by atoms with Gasteiger partial charge in [0.25, 0.3) is 0 Å². The smallest absolute Gasteiger partial charge is 0.416 e. The number of unbranched alkanes of at least 4 members (excludes halogenated alkanes) is 1. The molecule has 112 valence electrons. The van der Waals surface area contributed by atoms with Gasteiger partial charge in [0, 0.05) is 6.54 Å². The van der Waals surface area contributed by atoms with E-state index in [2.05, 4.69) is 5.32 Å². The van der Waals surface area contributed by atoms with Gasteiger partial charge in [-0.3, -0.25) is 4.79 Å². The summed E-state index contributed by atoms with van der Waals surface area (Å²) in [6, 6.07) is 5.28. The molecule has 0 amide bonds. The van der Waals surface area contributed by atoms with Crippen molar-refractivity contribution in [3.8, 4) is 0 Å². The van der Waals surface area contributed by atoms with E-state index in [9.17, 15) is 18.0 Å². The Hall–Kier alpha value is -1.56. The van der Waals surface area contributed by atoms with Crippen LogP contribution in [0.5, 0.6) is 0 Å². The zero-order chi connectivity index (χ0) is 15.0. The fourth-order valence-corrected chi connectivity index (χ4v) is 1.63. The number of halogens is 3. The van der Waals surface area contributed by atoms with Crippen molar-refractivity contribution in [3.63, 3.8) is 0 Å². The summed E-state index contributed by atoms with van der Waals surface area (Å²) in [5.41, 5.74) is -0.576. The van der Waals surface area contributed by atoms with Gasteiger partial charge in [0.1, 0.15) is 0 Å². The Balaban J connectivity index is 2.45. The SMILES string of the molecule is CCCCOC(=O)CNCc1ccccc1C(F)(F)F. The first-order valence-electron chi connectivity index (χ1n) is 6.46. The topological polar surface area (TPSA) is 38.3 Å². The quantitative estimate of drug-likeness (QED) is 0.619. The van der Waals surface area contributed by atoms with Crippen LogP contribution in [-0.2, 0) is 22.3 Å². The molecule has 0 bridgehead atoms. The van der Waals surface area contributed by atoms with Gasteiger partial charge in [-0.15, -0.1) is 0 Å². The number of nitrogens with one attached hydrogen (secondary N) is 1. The van der Waals surface area contributed by atoms with Gasteiger partial charge in [-0.2, -0.15) is 13.2 Å². The summed E-state index contributed by atoms with van der Waals surface area (Å²) in [6.07, 6.45) is -2.69. The van der Waals surface area contributed by atoms with E-state index < -0.39 is 17.7 Å². The number of alkyl halides is 3. The third kappa shape index (κ3) is 5.61. The minimum atomic E-state index is -4.39. The number of rotatable bonds is 7. The normalized spacial score (nSPS) is 11.4. The number of esters is 1. The number of ether oxygens (including phenoxy) is 1. The van der Waals surface area contributed by atoms with Crippen LogP contribution in [0.25, 0.3) is 0 Å². The molecular formula is C14H18F3NO2. The minimum absolute atomic E-state index is 0.0292. The second kappa shape index (κ2) is 7.89. The standard InChI is InChI=1S/C14H18F3NO2/c1-2-3-8-20-13(19)10-18-9-11-6-4-5-7-12(11)14(15,16)17/h4-7,18H,2-3,8-10H2,1H3. The van der Waals surface area contributed by atoms with Crippen molar-refractivity contribution in [1.29, 1.82) is 0 Å². The molecule has 6 heteroatoms. The maximum atomic E-state index is 12.7. The van der Waals surface area contributed by atoms with E-state index in [1.54, 1.807) is 0 Å². The van der Waals surface area contributed by atoms with Crippen LogP contribution in [-0.4, -0.2) is 19.1 Å². The Bertz CT molecular complexity index is 433. The van der Waals surface area contributed by atoms with Gasteiger partial charge < -0.3 is 10.1 Å². The Morgan fingerprint density at radius 3 is 2.65 bits per heavy atom. The van der Waals surface area contributed by atoms with Crippen LogP contribution < -0.4 is 5.32 Å². The second-order valence-corrected chi connectivity index (χ2v) is 4.33. The number of benzene rings is 1. The van der Waals surface area contributed by atoms with Crippen molar-refractivity contribution in [3.05, 3.63) is 35.4 Å². The minimum Gasteiger partial charge on any atom is -0.465 e. The second-order valence-electron chi connectivity index (χ2n) is 4.33. The van der Waals surface area contributed by atoms with Gasteiger partial charge in [-0.25, -0.2) is 0 Å². The van der Waals surface area contributed by atoms with Crippen LogP contribution >= 0.6 is 0 Å². The molecule has 0 aliphatic carbocycles. The molecule has 1 aromatic carbocycles. The summed E-state index contributed by atoms with van der Waals surface area (Å²) < 4.78 is 43.1. The van der Waals surface area contributed by atoms with E-state index in [0.717, 1.165) is 18.9 Å². The van der Waals surface area contributed by atoms with Gasteiger partial charge >= 0.3 is 12.1 Å². The number of carbonyl (C=O) groups is 1. The lowest BCUT2D eigenvalue weighted by molar-refractivity contribution is -0.142. The number of carbonyl (C=O) groups excluding carboxylic acids is 1. The monoisotopic (exact) mass is 289 g/mol. The van der Waals surface area contributed by atoms with Crippen LogP contribution in [0.1, 0.15) is 30.9 Å². The highest BCUT2D eigenvalue weighted by Gasteiger charge is 2.32. The summed E-state index contributed by atoms with van der Waals surface area (Å²) in [7, 11) is 0. The zero-order valence-electron chi connectivity index (χ0n) is 11.3. The molecule has 0 heterocycles. The lowest BCUT2D eigenvalue weighted by Crippen LogP contribution is -2.25. The first-order chi connectivity index (χ1) is 9.45. The predicted molar refractivity (Wildman–Crippen MR) is 69.0 cm³/mol. The molecule has 0 unspecified atom stereocenters. The molecule has 0 radical (unpaired) electrons. The van der Waals surface area contributed by atoms with Gasteiger partial charge in [0.15, 0.2) is 0 Å². The molecular weight excluding hydrogens is 271 g/mol. The Labute approximate surface area is 116 Å². The molecule has 20 heavy (non-hydrogen) atoms. The van der Waals surface area contributed by atoms with Crippen LogP contribution in [0.4, 0.5) is 13.2 Å². The number of hydrogen-bond donors (Lipinski definition) is 1. The molecule has 1 aromatic rings. The Morgan fingerprint density at radius 2 is 2.00 bits per heavy atom. The molecule has 0 aliphatic rings. The van der Waals surface area contributed by atoms with Crippen molar-refractivity contribution in [2.24, 2.45) is 0 Å². The highest BCUT2D eigenvalue weighted by Crippen LogP contribution is 2.31. The van der Waals surface area contributed by atoms with Crippen molar-refractivity contribution >= 4 is 5.97 Å². The van der Waals surface area contributed by atoms with Crippen molar-refractivity contribution in [2.75, 3.05) is 13.2 Å². The average molecular weight is 289 g/mol. The first-order valence-corrected chi connectivity index (χ1v) is 6.46. The summed E-state index contributed by atoms with van der Waals surface area (Å²) in [5.74, 6) is -0.456. The number of hydrogen-bond acceptors (Lipinski definition) is 3. The molecule has 1 rings (SSSR count). The van der Waals surface area contributed by atoms with E-state index in [1.165, 1.54) is 18.2 Å².